The fourth-order valence-corrected chi connectivity index (χ4v) is 4.93. The number of hydrogen-bond acceptors (Lipinski definition) is 6. The highest BCUT2D eigenvalue weighted by atomic mass is 32.2. The van der Waals surface area contributed by atoms with E-state index in [-0.39, 0.29) is 17.9 Å². The Bertz CT molecular complexity index is 452. The zero-order valence-corrected chi connectivity index (χ0v) is 16.0. The lowest BCUT2D eigenvalue weighted by Crippen LogP contribution is -2.47. The van der Waals surface area contributed by atoms with E-state index in [0.717, 1.165) is 51.7 Å². The Labute approximate surface area is 147 Å². The minimum absolute atomic E-state index is 0.0845. The average molecular weight is 363 g/mol. The molecule has 24 heavy (non-hydrogen) atoms. The minimum Gasteiger partial charge on any atom is -0.383 e. The van der Waals surface area contributed by atoms with Crippen LogP contribution in [0.4, 0.5) is 0 Å². The van der Waals surface area contributed by atoms with Crippen molar-refractivity contribution in [1.29, 1.82) is 0 Å². The summed E-state index contributed by atoms with van der Waals surface area (Å²) in [6.07, 6.45) is 8.83. The number of hydrogen-bond donors (Lipinski definition) is 1. The fraction of sp³-hybridized carbons (Fsp3) is 1.00. The average Bonchev–Trinajstić information content (AvgIpc) is 2.95. The Morgan fingerprint density at radius 2 is 1.92 bits per heavy atom. The van der Waals surface area contributed by atoms with Crippen LogP contribution in [-0.4, -0.2) is 57.6 Å². The first kappa shape index (κ1) is 20.1. The molecule has 2 aliphatic rings. The molecule has 1 aliphatic heterocycles. The van der Waals surface area contributed by atoms with Gasteiger partial charge in [-0.1, -0.05) is 19.3 Å². The molecule has 1 N–H and O–H groups in total. The van der Waals surface area contributed by atoms with E-state index in [0.29, 0.717) is 12.5 Å². The lowest BCUT2D eigenvalue weighted by Gasteiger charge is -2.28. The standard InChI is InChI=1S/C17H34N2O4S/c1-15(18-19-12-6-9-16(19)14-22-2)8-7-13-24(20,21)23-17-10-4-3-5-11-17/h15-18H,3-14H2,1-2H3/t15-,16+/m1/s1. The molecule has 1 heterocycles. The summed E-state index contributed by atoms with van der Waals surface area (Å²) in [5.41, 5.74) is 3.50. The van der Waals surface area contributed by atoms with Gasteiger partial charge in [0.15, 0.2) is 0 Å². The zero-order valence-electron chi connectivity index (χ0n) is 15.2. The molecule has 2 rings (SSSR count). The zero-order chi connectivity index (χ0) is 17.4. The van der Waals surface area contributed by atoms with Crippen LogP contribution in [0, 0.1) is 0 Å². The predicted molar refractivity (Wildman–Crippen MR) is 95.2 cm³/mol. The predicted octanol–water partition coefficient (Wildman–Crippen LogP) is 2.45. The molecule has 0 amide bonds. The van der Waals surface area contributed by atoms with Crippen LogP contribution in [0.5, 0.6) is 0 Å². The number of hydrazine groups is 1. The molecule has 0 aromatic rings. The van der Waals surface area contributed by atoms with E-state index in [1.165, 1.54) is 12.8 Å². The number of nitrogens with one attached hydrogen (secondary N) is 1. The second-order valence-electron chi connectivity index (χ2n) is 7.24. The largest absolute Gasteiger partial charge is 0.383 e. The monoisotopic (exact) mass is 362 g/mol. The van der Waals surface area contributed by atoms with Crippen molar-refractivity contribution in [2.75, 3.05) is 26.0 Å². The molecule has 7 heteroatoms. The van der Waals surface area contributed by atoms with Crippen molar-refractivity contribution in [3.8, 4) is 0 Å². The summed E-state index contributed by atoms with van der Waals surface area (Å²) in [5.74, 6) is 0.122. The molecule has 0 unspecified atom stereocenters. The number of ether oxygens (including phenoxy) is 1. The van der Waals surface area contributed by atoms with Crippen LogP contribution in [0.25, 0.3) is 0 Å². The highest BCUT2D eigenvalue weighted by molar-refractivity contribution is 7.86. The van der Waals surface area contributed by atoms with E-state index in [4.69, 9.17) is 8.92 Å². The highest BCUT2D eigenvalue weighted by Crippen LogP contribution is 2.22. The molecule has 1 saturated carbocycles. The smallest absolute Gasteiger partial charge is 0.267 e. The SMILES string of the molecule is COC[C@@H]1CCCN1N[C@H](C)CCCS(=O)(=O)OC1CCCCC1. The number of rotatable bonds is 10. The molecular formula is C17H34N2O4S. The first-order valence-electron chi connectivity index (χ1n) is 9.43. The van der Waals surface area contributed by atoms with Crippen molar-refractivity contribution in [1.82, 2.24) is 10.4 Å². The van der Waals surface area contributed by atoms with Crippen molar-refractivity contribution in [3.05, 3.63) is 0 Å². The van der Waals surface area contributed by atoms with Gasteiger partial charge in [-0.15, -0.1) is 0 Å². The van der Waals surface area contributed by atoms with Gasteiger partial charge in [-0.2, -0.15) is 8.42 Å². The maximum atomic E-state index is 12.1. The molecule has 0 bridgehead atoms. The van der Waals surface area contributed by atoms with Crippen molar-refractivity contribution in [3.63, 3.8) is 0 Å². The maximum Gasteiger partial charge on any atom is 0.267 e. The molecule has 0 aromatic heterocycles. The number of nitrogens with zero attached hydrogens (tertiary/aromatic N) is 1. The summed E-state index contributed by atoms with van der Waals surface area (Å²) in [5, 5.41) is 2.25. The topological polar surface area (TPSA) is 67.9 Å². The third-order valence-electron chi connectivity index (χ3n) is 4.99. The van der Waals surface area contributed by atoms with Crippen LogP contribution in [0.3, 0.4) is 0 Å². The summed E-state index contributed by atoms with van der Waals surface area (Å²) in [7, 11) is -1.65. The van der Waals surface area contributed by atoms with Crippen LogP contribution in [-0.2, 0) is 19.0 Å². The molecule has 2 atom stereocenters. The van der Waals surface area contributed by atoms with Crippen molar-refractivity contribution < 1.29 is 17.3 Å². The summed E-state index contributed by atoms with van der Waals surface area (Å²) in [6, 6.07) is 0.683. The Kier molecular flexibility index (Phi) is 8.43. The van der Waals surface area contributed by atoms with Crippen LogP contribution >= 0.6 is 0 Å². The van der Waals surface area contributed by atoms with Crippen molar-refractivity contribution in [2.24, 2.45) is 0 Å². The highest BCUT2D eigenvalue weighted by Gasteiger charge is 2.26. The molecule has 142 valence electrons. The lowest BCUT2D eigenvalue weighted by molar-refractivity contribution is 0.0719. The summed E-state index contributed by atoms with van der Waals surface area (Å²) < 4.78 is 34.8. The van der Waals surface area contributed by atoms with Crippen LogP contribution < -0.4 is 5.43 Å². The molecule has 0 radical (unpaired) electrons. The van der Waals surface area contributed by atoms with E-state index in [1.807, 2.05) is 0 Å². The van der Waals surface area contributed by atoms with Gasteiger partial charge < -0.3 is 4.74 Å². The van der Waals surface area contributed by atoms with Crippen molar-refractivity contribution in [2.45, 2.75) is 82.9 Å². The van der Waals surface area contributed by atoms with Gasteiger partial charge in [-0.3, -0.25) is 9.61 Å². The van der Waals surface area contributed by atoms with Gasteiger partial charge in [0.2, 0.25) is 0 Å². The first-order chi connectivity index (χ1) is 11.5. The maximum absolute atomic E-state index is 12.1. The minimum atomic E-state index is -3.38. The van der Waals surface area contributed by atoms with Crippen LogP contribution in [0.15, 0.2) is 0 Å². The second-order valence-corrected chi connectivity index (χ2v) is 8.95. The van der Waals surface area contributed by atoms with Gasteiger partial charge in [0.25, 0.3) is 10.1 Å². The van der Waals surface area contributed by atoms with E-state index < -0.39 is 10.1 Å². The van der Waals surface area contributed by atoms with Crippen LogP contribution in [0.1, 0.15) is 64.7 Å². The Hall–Kier alpha value is -0.210. The number of methoxy groups -OCH3 is 1. The van der Waals surface area contributed by atoms with E-state index in [2.05, 4.69) is 17.4 Å². The molecule has 1 aliphatic carbocycles. The summed E-state index contributed by atoms with van der Waals surface area (Å²) in [4.78, 5) is 0. The molecule has 1 saturated heterocycles. The van der Waals surface area contributed by atoms with Gasteiger partial charge in [0, 0.05) is 25.7 Å². The fourth-order valence-electron chi connectivity index (χ4n) is 3.70. The quantitative estimate of drug-likeness (QED) is 0.602. The van der Waals surface area contributed by atoms with Gasteiger partial charge in [-0.05, 0) is 45.4 Å². The van der Waals surface area contributed by atoms with Gasteiger partial charge in [0.05, 0.1) is 18.5 Å². The Morgan fingerprint density at radius 1 is 1.17 bits per heavy atom. The second kappa shape index (κ2) is 10.1. The van der Waals surface area contributed by atoms with E-state index in [9.17, 15) is 8.42 Å². The molecule has 2 fully saturated rings. The summed E-state index contributed by atoms with van der Waals surface area (Å²) in [6.45, 7) is 3.88. The van der Waals surface area contributed by atoms with E-state index in [1.54, 1.807) is 7.11 Å². The summed E-state index contributed by atoms with van der Waals surface area (Å²) >= 11 is 0. The Morgan fingerprint density at radius 3 is 2.62 bits per heavy atom. The van der Waals surface area contributed by atoms with Crippen molar-refractivity contribution >= 4 is 10.1 Å². The normalized spacial score (nSPS) is 25.2. The first-order valence-corrected chi connectivity index (χ1v) is 11.0. The molecule has 0 aromatic carbocycles. The molecular weight excluding hydrogens is 328 g/mol. The third-order valence-corrected chi connectivity index (χ3v) is 6.34. The van der Waals surface area contributed by atoms with Gasteiger partial charge >= 0.3 is 0 Å². The lowest BCUT2D eigenvalue weighted by atomic mass is 9.98. The van der Waals surface area contributed by atoms with Gasteiger partial charge in [-0.25, -0.2) is 5.01 Å². The van der Waals surface area contributed by atoms with E-state index >= 15 is 0 Å². The third kappa shape index (κ3) is 6.96. The van der Waals surface area contributed by atoms with Gasteiger partial charge in [0.1, 0.15) is 0 Å². The Balaban J connectivity index is 1.65. The molecule has 6 nitrogen and oxygen atoms in total. The van der Waals surface area contributed by atoms with Crippen LogP contribution in [0.2, 0.25) is 0 Å². The molecule has 0 spiro atoms.